The summed E-state index contributed by atoms with van der Waals surface area (Å²) in [6.45, 7) is 2.15. The molecule has 5 heteroatoms. The maximum atomic E-state index is 13.0. The first-order valence-electron chi connectivity index (χ1n) is 8.97. The van der Waals surface area contributed by atoms with Crippen molar-refractivity contribution in [1.82, 2.24) is 9.80 Å². The van der Waals surface area contributed by atoms with E-state index in [0.29, 0.717) is 18.4 Å². The lowest BCUT2D eigenvalue weighted by atomic mass is 10.0. The molecule has 0 bridgehead atoms. The molecular weight excluding hydrogens is 316 g/mol. The van der Waals surface area contributed by atoms with E-state index in [1.165, 1.54) is 0 Å². The largest absolute Gasteiger partial charge is 0.506 e. The molecule has 130 valence electrons. The molecule has 1 N–H and O–H groups in total. The van der Waals surface area contributed by atoms with Crippen molar-refractivity contribution in [2.45, 2.75) is 31.7 Å². The maximum absolute atomic E-state index is 13.0. The summed E-state index contributed by atoms with van der Waals surface area (Å²) in [4.78, 5) is 29.3. The highest BCUT2D eigenvalue weighted by Crippen LogP contribution is 2.31. The van der Waals surface area contributed by atoms with Crippen LogP contribution >= 0.6 is 0 Å². The van der Waals surface area contributed by atoms with Crippen molar-refractivity contribution in [3.8, 4) is 5.75 Å². The Balaban J connectivity index is 1.63. The smallest absolute Gasteiger partial charge is 0.258 e. The number of fused-ring (bicyclic) bond motifs is 1. The molecule has 2 aromatic carbocycles. The SMILES string of the molecule is O=C(C1CCCN1C(=O)c1ccc2ccccc2c1O)N1CCCC1. The molecule has 2 amide bonds. The minimum Gasteiger partial charge on any atom is -0.506 e. The normalized spacial score (nSPS) is 20.4. The number of amides is 2. The van der Waals surface area contributed by atoms with Gasteiger partial charge in [-0.05, 0) is 37.1 Å². The van der Waals surface area contributed by atoms with Crippen LogP contribution in [0.25, 0.3) is 10.8 Å². The highest BCUT2D eigenvalue weighted by Gasteiger charge is 2.38. The van der Waals surface area contributed by atoms with E-state index < -0.39 is 6.04 Å². The minimum absolute atomic E-state index is 0.00220. The molecule has 0 saturated carbocycles. The van der Waals surface area contributed by atoms with Gasteiger partial charge in [-0.15, -0.1) is 0 Å². The van der Waals surface area contributed by atoms with Crippen LogP contribution in [0.1, 0.15) is 36.0 Å². The molecule has 0 aromatic heterocycles. The topological polar surface area (TPSA) is 60.9 Å². The van der Waals surface area contributed by atoms with Crippen LogP contribution in [0.2, 0.25) is 0 Å². The zero-order chi connectivity index (χ0) is 17.4. The third-order valence-corrected chi connectivity index (χ3v) is 5.35. The summed E-state index contributed by atoms with van der Waals surface area (Å²) >= 11 is 0. The van der Waals surface area contributed by atoms with Crippen molar-refractivity contribution >= 4 is 22.6 Å². The van der Waals surface area contributed by atoms with Gasteiger partial charge in [0.25, 0.3) is 5.91 Å². The fourth-order valence-corrected chi connectivity index (χ4v) is 4.00. The van der Waals surface area contributed by atoms with Crippen LogP contribution < -0.4 is 0 Å². The standard InChI is InChI=1S/C20H22N2O3/c23-18-15-7-2-1-6-14(15)9-10-16(18)19(24)22-13-5-8-17(22)20(25)21-11-3-4-12-21/h1-2,6-7,9-10,17,23H,3-5,8,11-13H2. The number of benzene rings is 2. The van der Waals surface area contributed by atoms with Crippen molar-refractivity contribution < 1.29 is 14.7 Å². The average Bonchev–Trinajstić information content (AvgIpc) is 3.33. The number of carbonyl (C=O) groups is 2. The van der Waals surface area contributed by atoms with Crippen LogP contribution in [-0.4, -0.2) is 52.4 Å². The summed E-state index contributed by atoms with van der Waals surface area (Å²) in [5, 5.41) is 12.1. The predicted octanol–water partition coefficient (Wildman–Crippen LogP) is 2.77. The number of likely N-dealkylation sites (tertiary alicyclic amines) is 2. The summed E-state index contributed by atoms with van der Waals surface area (Å²) in [5.41, 5.74) is 0.278. The van der Waals surface area contributed by atoms with E-state index in [2.05, 4.69) is 0 Å². The molecule has 2 aromatic rings. The van der Waals surface area contributed by atoms with Crippen LogP contribution in [0.4, 0.5) is 0 Å². The molecule has 1 unspecified atom stereocenters. The fourth-order valence-electron chi connectivity index (χ4n) is 4.00. The molecule has 0 aliphatic carbocycles. The average molecular weight is 338 g/mol. The van der Waals surface area contributed by atoms with Crippen LogP contribution in [-0.2, 0) is 4.79 Å². The molecule has 2 saturated heterocycles. The lowest BCUT2D eigenvalue weighted by molar-refractivity contribution is -0.134. The van der Waals surface area contributed by atoms with Crippen molar-refractivity contribution in [3.05, 3.63) is 42.0 Å². The summed E-state index contributed by atoms with van der Waals surface area (Å²) in [5.74, 6) is -0.190. The van der Waals surface area contributed by atoms with E-state index in [1.54, 1.807) is 17.0 Å². The molecule has 1 atom stereocenters. The first-order valence-corrected chi connectivity index (χ1v) is 8.97. The van der Waals surface area contributed by atoms with Crippen molar-refractivity contribution in [2.24, 2.45) is 0 Å². The van der Waals surface area contributed by atoms with Gasteiger partial charge in [0.15, 0.2) is 0 Å². The van der Waals surface area contributed by atoms with Crippen LogP contribution in [0, 0.1) is 0 Å². The molecule has 2 aliphatic rings. The Morgan fingerprint density at radius 1 is 0.960 bits per heavy atom. The minimum atomic E-state index is -0.392. The molecule has 0 radical (unpaired) electrons. The second-order valence-electron chi connectivity index (χ2n) is 6.87. The molecule has 2 fully saturated rings. The number of hydrogen-bond acceptors (Lipinski definition) is 3. The van der Waals surface area contributed by atoms with Gasteiger partial charge in [0.05, 0.1) is 5.56 Å². The van der Waals surface area contributed by atoms with Gasteiger partial charge in [-0.2, -0.15) is 0 Å². The molecule has 2 heterocycles. The van der Waals surface area contributed by atoms with Gasteiger partial charge < -0.3 is 14.9 Å². The first-order chi connectivity index (χ1) is 12.2. The second-order valence-corrected chi connectivity index (χ2v) is 6.87. The lowest BCUT2D eigenvalue weighted by Crippen LogP contribution is -2.47. The third kappa shape index (κ3) is 2.73. The number of nitrogens with zero attached hydrogens (tertiary/aromatic N) is 2. The van der Waals surface area contributed by atoms with Gasteiger partial charge in [-0.3, -0.25) is 9.59 Å². The first kappa shape index (κ1) is 15.9. The van der Waals surface area contributed by atoms with Crippen LogP contribution in [0.5, 0.6) is 5.75 Å². The number of phenols is 1. The van der Waals surface area contributed by atoms with Crippen LogP contribution in [0.3, 0.4) is 0 Å². The maximum Gasteiger partial charge on any atom is 0.258 e. The number of rotatable bonds is 2. The molecule has 2 aliphatic heterocycles. The highest BCUT2D eigenvalue weighted by molar-refractivity contribution is 6.05. The van der Waals surface area contributed by atoms with Gasteiger partial charge in [0.2, 0.25) is 5.91 Å². The number of aromatic hydroxyl groups is 1. The van der Waals surface area contributed by atoms with Gasteiger partial charge in [0.1, 0.15) is 11.8 Å². The summed E-state index contributed by atoms with van der Waals surface area (Å²) in [7, 11) is 0. The van der Waals surface area contributed by atoms with E-state index in [0.717, 1.165) is 37.7 Å². The van der Waals surface area contributed by atoms with Crippen molar-refractivity contribution in [3.63, 3.8) is 0 Å². The predicted molar refractivity (Wildman–Crippen MR) is 95.5 cm³/mol. The Bertz CT molecular complexity index is 827. The fraction of sp³-hybridized carbons (Fsp3) is 0.400. The Morgan fingerprint density at radius 2 is 1.72 bits per heavy atom. The third-order valence-electron chi connectivity index (χ3n) is 5.35. The summed E-state index contributed by atoms with van der Waals surface area (Å²) in [6, 6.07) is 10.6. The quantitative estimate of drug-likeness (QED) is 0.916. The van der Waals surface area contributed by atoms with E-state index in [4.69, 9.17) is 0 Å². The van der Waals surface area contributed by atoms with Gasteiger partial charge in [-0.1, -0.05) is 30.3 Å². The zero-order valence-corrected chi connectivity index (χ0v) is 14.1. The number of phenolic OH excluding ortho intramolecular Hbond substituents is 1. The summed E-state index contributed by atoms with van der Waals surface area (Å²) < 4.78 is 0. The highest BCUT2D eigenvalue weighted by atomic mass is 16.3. The Labute approximate surface area is 146 Å². The monoisotopic (exact) mass is 338 g/mol. The van der Waals surface area contributed by atoms with Crippen molar-refractivity contribution in [1.29, 1.82) is 0 Å². The van der Waals surface area contributed by atoms with E-state index in [1.807, 2.05) is 29.2 Å². The van der Waals surface area contributed by atoms with Gasteiger partial charge in [-0.25, -0.2) is 0 Å². The van der Waals surface area contributed by atoms with Crippen LogP contribution in [0.15, 0.2) is 36.4 Å². The van der Waals surface area contributed by atoms with Crippen molar-refractivity contribution in [2.75, 3.05) is 19.6 Å². The van der Waals surface area contributed by atoms with E-state index in [-0.39, 0.29) is 23.1 Å². The second kappa shape index (κ2) is 6.39. The Kier molecular flexibility index (Phi) is 4.07. The molecule has 5 nitrogen and oxygen atoms in total. The van der Waals surface area contributed by atoms with E-state index in [9.17, 15) is 14.7 Å². The molecule has 4 rings (SSSR count). The lowest BCUT2D eigenvalue weighted by Gasteiger charge is -2.28. The Hall–Kier alpha value is -2.56. The molecule has 25 heavy (non-hydrogen) atoms. The Morgan fingerprint density at radius 3 is 2.52 bits per heavy atom. The van der Waals surface area contributed by atoms with Gasteiger partial charge in [0, 0.05) is 25.0 Å². The van der Waals surface area contributed by atoms with Gasteiger partial charge >= 0.3 is 0 Å². The number of carbonyl (C=O) groups excluding carboxylic acids is 2. The summed E-state index contributed by atoms with van der Waals surface area (Å²) in [6.07, 6.45) is 3.61. The zero-order valence-electron chi connectivity index (χ0n) is 14.1. The van der Waals surface area contributed by atoms with E-state index >= 15 is 0 Å². The molecule has 0 spiro atoms. The number of hydrogen-bond donors (Lipinski definition) is 1. The molecular formula is C20H22N2O3.